The third kappa shape index (κ3) is 6.13. The van der Waals surface area contributed by atoms with Crippen molar-refractivity contribution in [1.29, 1.82) is 5.26 Å². The van der Waals surface area contributed by atoms with Crippen molar-refractivity contribution < 1.29 is 0 Å². The Morgan fingerprint density at radius 1 is 0.400 bits per heavy atom. The summed E-state index contributed by atoms with van der Waals surface area (Å²) in [5.74, 6) is 1.66. The van der Waals surface area contributed by atoms with E-state index in [2.05, 4.69) is 154 Å². The van der Waals surface area contributed by atoms with Gasteiger partial charge in [-0.15, -0.1) is 0 Å². The van der Waals surface area contributed by atoms with Gasteiger partial charge in [0.1, 0.15) is 11.6 Å². The summed E-state index contributed by atoms with van der Waals surface area (Å²) in [7, 11) is 0. The van der Waals surface area contributed by atoms with Gasteiger partial charge in [0.05, 0.1) is 33.4 Å². The summed E-state index contributed by atoms with van der Waals surface area (Å²) in [6.45, 7) is 13.5. The average Bonchev–Trinajstić information content (AvgIpc) is 3.78. The molecule has 0 N–H and O–H groups in total. The van der Waals surface area contributed by atoms with Crippen molar-refractivity contribution in [3.8, 4) is 51.6 Å². The van der Waals surface area contributed by atoms with Gasteiger partial charge in [0.2, 0.25) is 0 Å². The molecule has 60 heavy (non-hydrogen) atoms. The minimum absolute atomic E-state index is 0.0444. The number of nitrogens with zero attached hydrogens (tertiary/aromatic N) is 6. The Kier molecular flexibility index (Phi) is 8.55. The number of nitriles is 1. The first-order valence-corrected chi connectivity index (χ1v) is 20.5. The van der Waals surface area contributed by atoms with Crippen molar-refractivity contribution in [3.05, 3.63) is 174 Å². The summed E-state index contributed by atoms with van der Waals surface area (Å²) in [5, 5.41) is 16.0. The molecule has 0 radical (unpaired) electrons. The highest BCUT2D eigenvalue weighted by Crippen LogP contribution is 2.42. The number of fused-ring (bicyclic) bond motifs is 6. The van der Waals surface area contributed by atoms with E-state index >= 15 is 0 Å². The van der Waals surface area contributed by atoms with E-state index in [0.717, 1.165) is 71.7 Å². The van der Waals surface area contributed by atoms with Crippen molar-refractivity contribution >= 4 is 43.6 Å². The highest BCUT2D eigenvalue weighted by atomic mass is 15.1. The fourth-order valence-electron chi connectivity index (χ4n) is 8.54. The molecule has 0 unspecified atom stereocenters. The van der Waals surface area contributed by atoms with E-state index in [1.165, 1.54) is 11.1 Å². The zero-order valence-corrected chi connectivity index (χ0v) is 34.7. The SMILES string of the molecule is CC(C)(C)c1ccc2c(c1)c1ccccc1n2-c1cc(-c2nc(-c3ccccc3)nc(-c3ccccc3)n2)cc(-n2c3ccccc3c3cc(C(C)(C)C)ccc32)c1C#N. The van der Waals surface area contributed by atoms with Crippen LogP contribution in [0.15, 0.2) is 158 Å². The molecule has 0 fully saturated rings. The Hall–Kier alpha value is -7.36. The molecule has 0 atom stereocenters. The molecule has 0 aliphatic rings. The zero-order valence-electron chi connectivity index (χ0n) is 34.7. The van der Waals surface area contributed by atoms with Crippen LogP contribution in [-0.2, 0) is 10.8 Å². The highest BCUT2D eigenvalue weighted by molar-refractivity contribution is 6.11. The monoisotopic (exact) mass is 776 g/mol. The first kappa shape index (κ1) is 36.9. The van der Waals surface area contributed by atoms with Crippen LogP contribution in [0.4, 0.5) is 0 Å². The second-order valence-corrected chi connectivity index (χ2v) is 17.7. The number of hydrogen-bond acceptors (Lipinski definition) is 4. The molecule has 290 valence electrons. The molecule has 3 aromatic heterocycles. The first-order chi connectivity index (χ1) is 29.0. The Morgan fingerprint density at radius 2 is 0.767 bits per heavy atom. The number of rotatable bonds is 5. The maximum absolute atomic E-state index is 11.5. The Morgan fingerprint density at radius 3 is 1.17 bits per heavy atom. The molecule has 3 heterocycles. The highest BCUT2D eigenvalue weighted by Gasteiger charge is 2.25. The van der Waals surface area contributed by atoms with Crippen LogP contribution in [0.1, 0.15) is 58.2 Å². The van der Waals surface area contributed by atoms with Crippen LogP contribution in [0.5, 0.6) is 0 Å². The zero-order chi connectivity index (χ0) is 41.3. The second kappa shape index (κ2) is 13.9. The summed E-state index contributed by atoms with van der Waals surface area (Å²) in [6.07, 6.45) is 0. The predicted octanol–water partition coefficient (Wildman–Crippen LogP) is 13.5. The normalized spacial score (nSPS) is 12.2. The van der Waals surface area contributed by atoms with E-state index in [9.17, 15) is 5.26 Å². The number of para-hydroxylation sites is 2. The summed E-state index contributed by atoms with van der Waals surface area (Å²) < 4.78 is 4.51. The van der Waals surface area contributed by atoms with Gasteiger partial charge in [-0.1, -0.05) is 151 Å². The number of benzene rings is 7. The quantitative estimate of drug-likeness (QED) is 0.174. The molecule has 0 saturated heterocycles. The lowest BCUT2D eigenvalue weighted by molar-refractivity contribution is 0.591. The largest absolute Gasteiger partial charge is 0.308 e. The van der Waals surface area contributed by atoms with Gasteiger partial charge in [0, 0.05) is 38.2 Å². The lowest BCUT2D eigenvalue weighted by Crippen LogP contribution is -2.11. The standard InChI is InChI=1S/C54H44N6/c1-53(2,3)37-25-27-46-41(31-37)39-21-13-15-23-44(39)59(46)48-29-36(52-57-50(34-17-9-7-10-18-34)56-51(58-52)35-19-11-8-12-20-35)30-49(43(48)33-55)60-45-24-16-14-22-40(45)42-32-38(54(4,5)6)26-28-47(42)60/h7-32H,1-6H3. The Labute approximate surface area is 350 Å². The molecule has 0 saturated carbocycles. The average molecular weight is 777 g/mol. The third-order valence-corrected chi connectivity index (χ3v) is 11.7. The smallest absolute Gasteiger partial charge is 0.164 e. The van der Waals surface area contributed by atoms with Crippen molar-refractivity contribution in [2.45, 2.75) is 52.4 Å². The van der Waals surface area contributed by atoms with Crippen LogP contribution in [-0.4, -0.2) is 24.1 Å². The van der Waals surface area contributed by atoms with Gasteiger partial charge in [-0.2, -0.15) is 5.26 Å². The van der Waals surface area contributed by atoms with Crippen molar-refractivity contribution in [2.75, 3.05) is 0 Å². The molecule has 6 heteroatoms. The van der Waals surface area contributed by atoms with E-state index in [4.69, 9.17) is 15.0 Å². The van der Waals surface area contributed by atoms with Gasteiger partial charge >= 0.3 is 0 Å². The first-order valence-electron chi connectivity index (χ1n) is 20.5. The molecule has 0 aliphatic carbocycles. The van der Waals surface area contributed by atoms with Crippen LogP contribution in [0, 0.1) is 11.3 Å². The van der Waals surface area contributed by atoms with Crippen LogP contribution < -0.4 is 0 Å². The van der Waals surface area contributed by atoms with Crippen LogP contribution in [0.25, 0.3) is 89.2 Å². The van der Waals surface area contributed by atoms with Gasteiger partial charge in [-0.05, 0) is 70.5 Å². The number of hydrogen-bond donors (Lipinski definition) is 0. The van der Waals surface area contributed by atoms with Crippen LogP contribution in [0.3, 0.4) is 0 Å². The summed E-state index contributed by atoms with van der Waals surface area (Å²) >= 11 is 0. The van der Waals surface area contributed by atoms with E-state index in [1.54, 1.807) is 0 Å². The maximum Gasteiger partial charge on any atom is 0.164 e. The van der Waals surface area contributed by atoms with Gasteiger partial charge in [-0.25, -0.2) is 15.0 Å². The van der Waals surface area contributed by atoms with Crippen LogP contribution >= 0.6 is 0 Å². The minimum atomic E-state index is -0.0444. The summed E-state index contributed by atoms with van der Waals surface area (Å²) in [5.41, 5.74) is 11.1. The fraction of sp³-hybridized carbons (Fsp3) is 0.148. The molecule has 0 spiro atoms. The van der Waals surface area contributed by atoms with Gasteiger partial charge in [0.15, 0.2) is 17.5 Å². The Bertz CT molecular complexity index is 3120. The minimum Gasteiger partial charge on any atom is -0.308 e. The summed E-state index contributed by atoms with van der Waals surface area (Å²) in [6, 6.07) is 57.5. The lowest BCUT2D eigenvalue weighted by atomic mass is 9.86. The molecule has 7 aromatic carbocycles. The van der Waals surface area contributed by atoms with Gasteiger partial charge < -0.3 is 9.13 Å². The molecular weight excluding hydrogens is 733 g/mol. The third-order valence-electron chi connectivity index (χ3n) is 11.7. The van der Waals surface area contributed by atoms with Crippen molar-refractivity contribution in [3.63, 3.8) is 0 Å². The van der Waals surface area contributed by atoms with Gasteiger partial charge in [0.25, 0.3) is 0 Å². The molecular formula is C54H44N6. The van der Waals surface area contributed by atoms with E-state index < -0.39 is 0 Å². The summed E-state index contributed by atoms with van der Waals surface area (Å²) in [4.78, 5) is 15.4. The van der Waals surface area contributed by atoms with E-state index in [0.29, 0.717) is 23.0 Å². The van der Waals surface area contributed by atoms with Crippen molar-refractivity contribution in [1.82, 2.24) is 24.1 Å². The molecule has 10 rings (SSSR count). The molecule has 0 bridgehead atoms. The molecule has 0 aliphatic heterocycles. The molecule has 0 amide bonds. The molecule has 6 nitrogen and oxygen atoms in total. The van der Waals surface area contributed by atoms with Crippen molar-refractivity contribution in [2.24, 2.45) is 0 Å². The van der Waals surface area contributed by atoms with Gasteiger partial charge in [-0.3, -0.25) is 0 Å². The second-order valence-electron chi connectivity index (χ2n) is 17.7. The fourth-order valence-corrected chi connectivity index (χ4v) is 8.54. The lowest BCUT2D eigenvalue weighted by Gasteiger charge is -2.20. The van der Waals surface area contributed by atoms with Crippen LogP contribution in [0.2, 0.25) is 0 Å². The predicted molar refractivity (Wildman–Crippen MR) is 247 cm³/mol. The van der Waals surface area contributed by atoms with E-state index in [1.807, 2.05) is 60.7 Å². The number of aromatic nitrogens is 5. The van der Waals surface area contributed by atoms with E-state index in [-0.39, 0.29) is 10.8 Å². The topological polar surface area (TPSA) is 72.3 Å². The maximum atomic E-state index is 11.5. The molecule has 10 aromatic rings. The Balaban J connectivity index is 1.35.